The van der Waals surface area contributed by atoms with Gasteiger partial charge >= 0.3 is 0 Å². The molecule has 0 amide bonds. The van der Waals surface area contributed by atoms with E-state index in [1.54, 1.807) is 7.11 Å². The highest BCUT2D eigenvalue weighted by Gasteiger charge is 1.93. The minimum Gasteiger partial charge on any atom is -0.497 e. The molecule has 0 aromatic heterocycles. The van der Waals surface area contributed by atoms with Gasteiger partial charge in [-0.1, -0.05) is 30.3 Å². The lowest BCUT2D eigenvalue weighted by molar-refractivity contribution is 0.415. The normalized spacial score (nSPS) is 9.39. The van der Waals surface area contributed by atoms with Gasteiger partial charge in [0, 0.05) is 12.2 Å². The average Bonchev–Trinajstić information content (AvgIpc) is 2.41. The van der Waals surface area contributed by atoms with E-state index in [1.165, 1.54) is 5.56 Å². The van der Waals surface area contributed by atoms with E-state index in [0.29, 0.717) is 0 Å². The van der Waals surface area contributed by atoms with Crippen LogP contribution in [0, 0.1) is 0 Å². The molecule has 0 unspecified atom stereocenters. The van der Waals surface area contributed by atoms with Crippen molar-refractivity contribution in [3.63, 3.8) is 0 Å². The van der Waals surface area contributed by atoms with Crippen LogP contribution >= 0.6 is 12.4 Å². The molecule has 0 heterocycles. The molecule has 2 N–H and O–H groups in total. The van der Waals surface area contributed by atoms with E-state index in [0.717, 1.165) is 18.0 Å². The Hall–Kier alpha value is -1.71. The number of methoxy groups -OCH3 is 1. The number of hydrogen-bond acceptors (Lipinski definition) is 3. The second-order valence-electron chi connectivity index (χ2n) is 3.69. The van der Waals surface area contributed by atoms with Gasteiger partial charge in [0.2, 0.25) is 0 Å². The van der Waals surface area contributed by atoms with E-state index in [1.807, 2.05) is 42.5 Å². The summed E-state index contributed by atoms with van der Waals surface area (Å²) < 4.78 is 5.09. The molecule has 0 bridgehead atoms. The molecule has 0 saturated heterocycles. The van der Waals surface area contributed by atoms with E-state index in [9.17, 15) is 0 Å². The summed E-state index contributed by atoms with van der Waals surface area (Å²) in [6, 6.07) is 18.0. The van der Waals surface area contributed by atoms with Crippen molar-refractivity contribution in [2.24, 2.45) is 0 Å². The Morgan fingerprint density at radius 2 is 1.61 bits per heavy atom. The summed E-state index contributed by atoms with van der Waals surface area (Å²) in [6.45, 7) is 0.785. The van der Waals surface area contributed by atoms with E-state index in [-0.39, 0.29) is 12.4 Å². The first kappa shape index (κ1) is 14.4. The minimum absolute atomic E-state index is 0. The van der Waals surface area contributed by atoms with Crippen LogP contribution in [-0.4, -0.2) is 7.11 Å². The van der Waals surface area contributed by atoms with E-state index in [4.69, 9.17) is 4.74 Å². The molecule has 96 valence electrons. The van der Waals surface area contributed by atoms with Crippen molar-refractivity contribution in [2.75, 3.05) is 12.5 Å². The quantitative estimate of drug-likeness (QED) is 0.814. The summed E-state index contributed by atoms with van der Waals surface area (Å²) in [6.07, 6.45) is 0. The van der Waals surface area contributed by atoms with Gasteiger partial charge in [-0.25, -0.2) is 5.43 Å². The molecule has 0 atom stereocenters. The number of hydrogen-bond donors (Lipinski definition) is 2. The predicted octanol–water partition coefficient (Wildman–Crippen LogP) is 3.23. The second-order valence-corrected chi connectivity index (χ2v) is 3.69. The van der Waals surface area contributed by atoms with Gasteiger partial charge in [-0.15, -0.1) is 12.4 Å². The number of rotatable bonds is 5. The zero-order valence-electron chi connectivity index (χ0n) is 10.2. The lowest BCUT2D eigenvalue weighted by Gasteiger charge is -2.09. The van der Waals surface area contributed by atoms with Gasteiger partial charge in [-0.05, 0) is 29.8 Å². The van der Waals surface area contributed by atoms with Crippen molar-refractivity contribution in [2.45, 2.75) is 6.54 Å². The van der Waals surface area contributed by atoms with Crippen molar-refractivity contribution in [1.82, 2.24) is 5.43 Å². The third kappa shape index (κ3) is 4.28. The van der Waals surface area contributed by atoms with Gasteiger partial charge in [0.05, 0.1) is 7.11 Å². The maximum atomic E-state index is 5.09. The van der Waals surface area contributed by atoms with Crippen LogP contribution in [0.25, 0.3) is 0 Å². The highest BCUT2D eigenvalue weighted by atomic mass is 35.5. The highest BCUT2D eigenvalue weighted by molar-refractivity contribution is 5.85. The third-order valence-corrected chi connectivity index (χ3v) is 2.46. The molecule has 0 saturated carbocycles. The Morgan fingerprint density at radius 1 is 0.944 bits per heavy atom. The first-order valence-electron chi connectivity index (χ1n) is 5.55. The third-order valence-electron chi connectivity index (χ3n) is 2.46. The molecule has 2 aromatic carbocycles. The molecule has 0 radical (unpaired) electrons. The topological polar surface area (TPSA) is 33.3 Å². The second kappa shape index (κ2) is 7.58. The Kier molecular flexibility index (Phi) is 6.05. The molecule has 0 aliphatic rings. The fraction of sp³-hybridized carbons (Fsp3) is 0.143. The first-order chi connectivity index (χ1) is 8.38. The van der Waals surface area contributed by atoms with Crippen LogP contribution < -0.4 is 15.6 Å². The van der Waals surface area contributed by atoms with Crippen molar-refractivity contribution >= 4 is 18.1 Å². The molecule has 2 rings (SSSR count). The summed E-state index contributed by atoms with van der Waals surface area (Å²) in [5.41, 5.74) is 8.56. The Morgan fingerprint density at radius 3 is 2.22 bits per heavy atom. The summed E-state index contributed by atoms with van der Waals surface area (Å²) >= 11 is 0. The van der Waals surface area contributed by atoms with Gasteiger partial charge in [0.1, 0.15) is 5.75 Å². The zero-order chi connectivity index (χ0) is 11.9. The number of nitrogens with one attached hydrogen (secondary N) is 2. The van der Waals surface area contributed by atoms with Gasteiger partial charge < -0.3 is 10.2 Å². The van der Waals surface area contributed by atoms with Crippen molar-refractivity contribution in [3.05, 3.63) is 60.2 Å². The maximum absolute atomic E-state index is 5.09. The fourth-order valence-corrected chi connectivity index (χ4v) is 1.52. The minimum atomic E-state index is 0. The molecule has 0 fully saturated rings. The monoisotopic (exact) mass is 264 g/mol. The lowest BCUT2D eigenvalue weighted by Crippen LogP contribution is -2.20. The number of ether oxygens (including phenoxy) is 1. The number of benzene rings is 2. The Bertz CT molecular complexity index is 445. The van der Waals surface area contributed by atoms with Crippen LogP contribution in [-0.2, 0) is 6.54 Å². The molecule has 0 spiro atoms. The van der Waals surface area contributed by atoms with Crippen molar-refractivity contribution in [3.8, 4) is 5.75 Å². The molecular formula is C14H17ClN2O. The Balaban J connectivity index is 0.00000162. The van der Waals surface area contributed by atoms with Crippen LogP contribution in [0.1, 0.15) is 5.56 Å². The maximum Gasteiger partial charge on any atom is 0.119 e. The summed E-state index contributed by atoms with van der Waals surface area (Å²) in [4.78, 5) is 0. The average molecular weight is 265 g/mol. The van der Waals surface area contributed by atoms with Gasteiger partial charge in [0.15, 0.2) is 0 Å². The summed E-state index contributed by atoms with van der Waals surface area (Å²) in [5.74, 6) is 0.860. The Labute approximate surface area is 114 Å². The largest absolute Gasteiger partial charge is 0.497 e. The number of anilines is 1. The lowest BCUT2D eigenvalue weighted by atomic mass is 10.2. The van der Waals surface area contributed by atoms with Crippen LogP contribution in [0.4, 0.5) is 5.69 Å². The molecule has 2 aromatic rings. The summed E-state index contributed by atoms with van der Waals surface area (Å²) in [7, 11) is 1.66. The zero-order valence-corrected chi connectivity index (χ0v) is 11.0. The summed E-state index contributed by atoms with van der Waals surface area (Å²) in [5, 5.41) is 0. The van der Waals surface area contributed by atoms with Gasteiger partial charge in [0.25, 0.3) is 0 Å². The van der Waals surface area contributed by atoms with Crippen LogP contribution in [0.15, 0.2) is 54.6 Å². The van der Waals surface area contributed by atoms with Crippen LogP contribution in [0.3, 0.4) is 0 Å². The SMILES string of the molecule is COc1ccc(NNCc2ccccc2)cc1.Cl. The molecular weight excluding hydrogens is 248 g/mol. The molecule has 18 heavy (non-hydrogen) atoms. The predicted molar refractivity (Wildman–Crippen MR) is 77.1 cm³/mol. The molecule has 0 aliphatic carbocycles. The fourth-order valence-electron chi connectivity index (χ4n) is 1.52. The number of hydrazine groups is 1. The number of halogens is 1. The highest BCUT2D eigenvalue weighted by Crippen LogP contribution is 2.14. The molecule has 3 nitrogen and oxygen atoms in total. The standard InChI is InChI=1S/C14H16N2O.ClH/c1-17-14-9-7-13(8-10-14)16-15-11-12-5-3-2-4-6-12;/h2-10,15-16H,11H2,1H3;1H. The van der Waals surface area contributed by atoms with Crippen LogP contribution in [0.5, 0.6) is 5.75 Å². The van der Waals surface area contributed by atoms with Gasteiger partial charge in [-0.3, -0.25) is 0 Å². The van der Waals surface area contributed by atoms with Crippen molar-refractivity contribution in [1.29, 1.82) is 0 Å². The smallest absolute Gasteiger partial charge is 0.119 e. The van der Waals surface area contributed by atoms with Gasteiger partial charge in [-0.2, -0.15) is 0 Å². The molecule has 0 aliphatic heterocycles. The first-order valence-corrected chi connectivity index (χ1v) is 5.55. The van der Waals surface area contributed by atoms with E-state index < -0.39 is 0 Å². The van der Waals surface area contributed by atoms with E-state index >= 15 is 0 Å². The van der Waals surface area contributed by atoms with Crippen LogP contribution in [0.2, 0.25) is 0 Å². The molecule has 4 heteroatoms. The van der Waals surface area contributed by atoms with E-state index in [2.05, 4.69) is 23.0 Å². The van der Waals surface area contributed by atoms with Crippen molar-refractivity contribution < 1.29 is 4.74 Å².